The van der Waals surface area contributed by atoms with Crippen molar-refractivity contribution in [2.75, 3.05) is 29.9 Å². The molecule has 2 atom stereocenters. The fourth-order valence-corrected chi connectivity index (χ4v) is 3.80. The minimum absolute atomic E-state index is 0.793. The van der Waals surface area contributed by atoms with E-state index in [4.69, 9.17) is 0 Å². The number of likely N-dealkylation sites (tertiary alicyclic amines) is 1. The molecule has 1 saturated heterocycles. The van der Waals surface area contributed by atoms with E-state index >= 15 is 0 Å². The van der Waals surface area contributed by atoms with Crippen molar-refractivity contribution in [3.63, 3.8) is 0 Å². The van der Waals surface area contributed by atoms with Crippen LogP contribution in [0.15, 0.2) is 0 Å². The summed E-state index contributed by atoms with van der Waals surface area (Å²) in [5.74, 6) is 3.47. The third-order valence-corrected chi connectivity index (χ3v) is 4.74. The normalized spacial score (nSPS) is 28.5. The van der Waals surface area contributed by atoms with Gasteiger partial charge in [-0.15, -0.1) is 0 Å². The van der Waals surface area contributed by atoms with Gasteiger partial charge in [-0.25, -0.2) is 0 Å². The van der Waals surface area contributed by atoms with E-state index in [1.165, 1.54) is 37.4 Å². The summed E-state index contributed by atoms with van der Waals surface area (Å²) in [5.41, 5.74) is 0. The Hall–Kier alpha value is 0.790. The molecule has 0 aromatic rings. The summed E-state index contributed by atoms with van der Waals surface area (Å²) in [6, 6.07) is 0.793. The van der Waals surface area contributed by atoms with Crippen molar-refractivity contribution in [2.24, 2.45) is 5.92 Å². The molecule has 14 heavy (non-hydrogen) atoms. The minimum atomic E-state index is 0.793. The molecule has 0 aromatic carbocycles. The van der Waals surface area contributed by atoms with Crippen LogP contribution in [-0.4, -0.2) is 40.9 Å². The topological polar surface area (TPSA) is 3.24 Å². The Morgan fingerprint density at radius 2 is 2.29 bits per heavy atom. The molecule has 0 aliphatic carbocycles. The summed E-state index contributed by atoms with van der Waals surface area (Å²) in [5, 5.41) is 1.15. The zero-order valence-electron chi connectivity index (χ0n) is 9.34. The number of halogens is 1. The van der Waals surface area contributed by atoms with Crippen LogP contribution < -0.4 is 0 Å². The van der Waals surface area contributed by atoms with Gasteiger partial charge in [0.2, 0.25) is 0 Å². The Morgan fingerprint density at radius 1 is 1.50 bits per heavy atom. The quantitative estimate of drug-likeness (QED) is 0.543. The van der Waals surface area contributed by atoms with Gasteiger partial charge in [0.25, 0.3) is 0 Å². The zero-order chi connectivity index (χ0) is 10.4. The highest BCUT2D eigenvalue weighted by molar-refractivity contribution is 9.09. The van der Waals surface area contributed by atoms with Crippen molar-refractivity contribution >= 4 is 27.7 Å². The molecule has 84 valence electrons. The number of hydrogen-bond donors (Lipinski definition) is 0. The van der Waals surface area contributed by atoms with Crippen molar-refractivity contribution in [1.82, 2.24) is 4.90 Å². The zero-order valence-corrected chi connectivity index (χ0v) is 11.7. The van der Waals surface area contributed by atoms with Crippen LogP contribution in [0.25, 0.3) is 0 Å². The van der Waals surface area contributed by atoms with E-state index in [0.29, 0.717) is 0 Å². The van der Waals surface area contributed by atoms with E-state index in [-0.39, 0.29) is 0 Å². The number of thioether (sulfide) groups is 1. The molecule has 1 nitrogen and oxygen atoms in total. The lowest BCUT2D eigenvalue weighted by Crippen LogP contribution is -2.34. The maximum atomic E-state index is 3.63. The average Bonchev–Trinajstić information content (AvgIpc) is 2.54. The predicted octanol–water partition coefficient (Wildman–Crippen LogP) is 3.23. The third kappa shape index (κ3) is 3.74. The summed E-state index contributed by atoms with van der Waals surface area (Å²) >= 11 is 5.70. The predicted molar refractivity (Wildman–Crippen MR) is 70.6 cm³/mol. The maximum absolute atomic E-state index is 3.63. The minimum Gasteiger partial charge on any atom is -0.299 e. The number of hydrogen-bond acceptors (Lipinski definition) is 2. The van der Waals surface area contributed by atoms with Crippen LogP contribution in [0.3, 0.4) is 0 Å². The molecule has 2 unspecified atom stereocenters. The molecule has 0 bridgehead atoms. The molecule has 0 radical (unpaired) electrons. The second-order valence-electron chi connectivity index (χ2n) is 4.07. The summed E-state index contributed by atoms with van der Waals surface area (Å²) in [4.78, 5) is 2.66. The van der Waals surface area contributed by atoms with Crippen molar-refractivity contribution in [1.29, 1.82) is 0 Å². The molecule has 0 N–H and O–H groups in total. The number of rotatable bonds is 6. The molecule has 0 amide bonds. The van der Waals surface area contributed by atoms with Gasteiger partial charge >= 0.3 is 0 Å². The highest BCUT2D eigenvalue weighted by atomic mass is 79.9. The number of alkyl halides is 1. The third-order valence-electron chi connectivity index (χ3n) is 3.09. The first-order chi connectivity index (χ1) is 6.79. The lowest BCUT2D eigenvalue weighted by molar-refractivity contribution is 0.254. The average molecular weight is 280 g/mol. The summed E-state index contributed by atoms with van der Waals surface area (Å²) < 4.78 is 0. The molecule has 3 heteroatoms. The standard InChI is InChI=1S/C11H22BrNS/c1-3-14-8-4-6-13-7-5-10(2)11(13)9-12/h10-11H,3-9H2,1-2H3. The molecule has 1 fully saturated rings. The van der Waals surface area contributed by atoms with E-state index < -0.39 is 0 Å². The summed E-state index contributed by atoms with van der Waals surface area (Å²) in [6.45, 7) is 7.23. The fourth-order valence-electron chi connectivity index (χ4n) is 2.13. The van der Waals surface area contributed by atoms with E-state index in [9.17, 15) is 0 Å². The molecule has 1 rings (SSSR count). The van der Waals surface area contributed by atoms with Crippen LogP contribution in [0.2, 0.25) is 0 Å². The molecular weight excluding hydrogens is 258 g/mol. The van der Waals surface area contributed by atoms with Crippen LogP contribution in [0.5, 0.6) is 0 Å². The first kappa shape index (κ1) is 12.9. The Bertz CT molecular complexity index is 154. The van der Waals surface area contributed by atoms with Crippen LogP contribution in [0, 0.1) is 5.92 Å². The van der Waals surface area contributed by atoms with E-state index in [2.05, 4.69) is 46.4 Å². The molecule has 0 spiro atoms. The Balaban J connectivity index is 2.17. The molecular formula is C11H22BrNS. The van der Waals surface area contributed by atoms with Gasteiger partial charge in [-0.2, -0.15) is 11.8 Å². The van der Waals surface area contributed by atoms with Gasteiger partial charge < -0.3 is 0 Å². The highest BCUT2D eigenvalue weighted by Crippen LogP contribution is 2.25. The van der Waals surface area contributed by atoms with E-state index in [0.717, 1.165) is 17.3 Å². The molecule has 1 heterocycles. The Morgan fingerprint density at radius 3 is 2.93 bits per heavy atom. The van der Waals surface area contributed by atoms with Crippen molar-refractivity contribution in [3.8, 4) is 0 Å². The first-order valence-corrected chi connectivity index (χ1v) is 7.95. The van der Waals surface area contributed by atoms with Gasteiger partial charge in [-0.1, -0.05) is 29.8 Å². The van der Waals surface area contributed by atoms with Gasteiger partial charge in [-0.05, 0) is 43.4 Å². The smallest absolute Gasteiger partial charge is 0.0218 e. The lowest BCUT2D eigenvalue weighted by atomic mass is 10.1. The monoisotopic (exact) mass is 279 g/mol. The van der Waals surface area contributed by atoms with Gasteiger partial charge in [0, 0.05) is 11.4 Å². The van der Waals surface area contributed by atoms with Crippen LogP contribution >= 0.6 is 27.7 Å². The Kier molecular flexibility index (Phi) is 6.55. The van der Waals surface area contributed by atoms with E-state index in [1.54, 1.807) is 0 Å². The molecule has 1 aliphatic heterocycles. The van der Waals surface area contributed by atoms with Gasteiger partial charge in [-0.3, -0.25) is 4.90 Å². The molecule has 1 aliphatic rings. The van der Waals surface area contributed by atoms with Crippen LogP contribution in [0.1, 0.15) is 26.7 Å². The lowest BCUT2D eigenvalue weighted by Gasteiger charge is -2.24. The Labute approximate surface area is 101 Å². The first-order valence-electron chi connectivity index (χ1n) is 5.67. The summed E-state index contributed by atoms with van der Waals surface area (Å²) in [6.07, 6.45) is 2.74. The second kappa shape index (κ2) is 7.13. The van der Waals surface area contributed by atoms with E-state index in [1.807, 2.05) is 0 Å². The largest absolute Gasteiger partial charge is 0.299 e. The van der Waals surface area contributed by atoms with Crippen molar-refractivity contribution in [2.45, 2.75) is 32.7 Å². The van der Waals surface area contributed by atoms with Crippen LogP contribution in [-0.2, 0) is 0 Å². The molecule has 0 aromatic heterocycles. The highest BCUT2D eigenvalue weighted by Gasteiger charge is 2.29. The SMILES string of the molecule is CCSCCCN1CCC(C)C1CBr. The summed E-state index contributed by atoms with van der Waals surface area (Å²) in [7, 11) is 0. The van der Waals surface area contributed by atoms with Gasteiger partial charge in [0.15, 0.2) is 0 Å². The fraction of sp³-hybridized carbons (Fsp3) is 1.00. The van der Waals surface area contributed by atoms with Gasteiger partial charge in [0.1, 0.15) is 0 Å². The van der Waals surface area contributed by atoms with Crippen molar-refractivity contribution in [3.05, 3.63) is 0 Å². The van der Waals surface area contributed by atoms with Crippen molar-refractivity contribution < 1.29 is 0 Å². The van der Waals surface area contributed by atoms with Crippen LogP contribution in [0.4, 0.5) is 0 Å². The van der Waals surface area contributed by atoms with Gasteiger partial charge in [0.05, 0.1) is 0 Å². The maximum Gasteiger partial charge on any atom is 0.0218 e. The number of nitrogens with zero attached hydrogens (tertiary/aromatic N) is 1. The second-order valence-corrected chi connectivity index (χ2v) is 6.12. The molecule has 0 saturated carbocycles.